The van der Waals surface area contributed by atoms with E-state index >= 15 is 0 Å². The Hall–Kier alpha value is -0.905. The van der Waals surface area contributed by atoms with E-state index in [4.69, 9.17) is 15.0 Å². The molecule has 1 aliphatic rings. The lowest BCUT2D eigenvalue weighted by Crippen LogP contribution is -2.41. The van der Waals surface area contributed by atoms with Crippen molar-refractivity contribution in [1.82, 2.24) is 0 Å². The summed E-state index contributed by atoms with van der Waals surface area (Å²) in [5.41, 5.74) is 6.40. The average molecular weight is 279 g/mol. The van der Waals surface area contributed by atoms with E-state index in [2.05, 4.69) is 0 Å². The van der Waals surface area contributed by atoms with Crippen LogP contribution in [0, 0.1) is 5.82 Å². The summed E-state index contributed by atoms with van der Waals surface area (Å²) in [5, 5.41) is 0. The summed E-state index contributed by atoms with van der Waals surface area (Å²) in [6, 6.07) is 4.87. The van der Waals surface area contributed by atoms with Crippen LogP contribution in [0.1, 0.15) is 40.2 Å². The third-order valence-corrected chi connectivity index (χ3v) is 4.14. The van der Waals surface area contributed by atoms with Crippen molar-refractivity contribution < 1.29 is 13.7 Å². The lowest BCUT2D eigenvalue weighted by molar-refractivity contribution is 0.00578. The predicted octanol–water partition coefficient (Wildman–Crippen LogP) is 2.01. The molecule has 0 aromatic heterocycles. The Bertz CT molecular complexity index is 487. The first kappa shape index (κ1) is 15.5. The quantitative estimate of drug-likeness (QED) is 0.861. The highest BCUT2D eigenvalue weighted by Crippen LogP contribution is 2.36. The van der Waals surface area contributed by atoms with Crippen molar-refractivity contribution in [2.24, 2.45) is 5.73 Å². The number of hydrogen-bond donors (Lipinski definition) is 1. The fourth-order valence-corrected chi connectivity index (χ4v) is 2.22. The van der Waals surface area contributed by atoms with Gasteiger partial charge >= 0.3 is 7.12 Å². The summed E-state index contributed by atoms with van der Waals surface area (Å²) in [4.78, 5) is 0. The Morgan fingerprint density at radius 3 is 2.25 bits per heavy atom. The van der Waals surface area contributed by atoms with Crippen molar-refractivity contribution in [2.75, 3.05) is 0 Å². The topological polar surface area (TPSA) is 44.5 Å². The molecule has 1 saturated heterocycles. The van der Waals surface area contributed by atoms with E-state index in [-0.39, 0.29) is 11.9 Å². The number of benzene rings is 1. The number of nitrogens with two attached hydrogens (primary N) is 1. The van der Waals surface area contributed by atoms with E-state index < -0.39 is 18.3 Å². The Labute approximate surface area is 120 Å². The largest absolute Gasteiger partial charge is 0.494 e. The molecule has 20 heavy (non-hydrogen) atoms. The van der Waals surface area contributed by atoms with Gasteiger partial charge in [0.1, 0.15) is 5.82 Å². The number of hydrogen-bond acceptors (Lipinski definition) is 3. The van der Waals surface area contributed by atoms with Crippen LogP contribution < -0.4 is 11.2 Å². The molecule has 0 bridgehead atoms. The minimum absolute atomic E-state index is 0.0851. The molecule has 1 unspecified atom stereocenters. The van der Waals surface area contributed by atoms with Crippen LogP contribution in [0.15, 0.2) is 18.2 Å². The summed E-state index contributed by atoms with van der Waals surface area (Å²) < 4.78 is 25.7. The predicted molar refractivity (Wildman–Crippen MR) is 79.5 cm³/mol. The van der Waals surface area contributed by atoms with Gasteiger partial charge in [0.2, 0.25) is 0 Å². The highest BCUT2D eigenvalue weighted by Gasteiger charge is 2.51. The Kier molecular flexibility index (Phi) is 3.97. The normalized spacial score (nSPS) is 22.1. The van der Waals surface area contributed by atoms with E-state index in [0.29, 0.717) is 12.0 Å². The van der Waals surface area contributed by atoms with Gasteiger partial charge in [0.05, 0.1) is 11.2 Å². The van der Waals surface area contributed by atoms with Gasteiger partial charge < -0.3 is 15.0 Å². The lowest BCUT2D eigenvalue weighted by atomic mass is 9.78. The first-order valence-corrected chi connectivity index (χ1v) is 7.02. The van der Waals surface area contributed by atoms with Crippen molar-refractivity contribution in [2.45, 2.75) is 58.3 Å². The van der Waals surface area contributed by atoms with Gasteiger partial charge in [-0.2, -0.15) is 0 Å². The van der Waals surface area contributed by atoms with Crippen LogP contribution >= 0.6 is 0 Å². The van der Waals surface area contributed by atoms with Gasteiger partial charge in [-0.25, -0.2) is 4.39 Å². The zero-order valence-corrected chi connectivity index (χ0v) is 12.9. The molecular formula is C15H23BFNO2. The molecule has 0 radical (unpaired) electrons. The second-order valence-electron chi connectivity index (χ2n) is 6.62. The fourth-order valence-electron chi connectivity index (χ4n) is 2.22. The molecule has 1 aromatic rings. The molecule has 110 valence electrons. The molecule has 0 aliphatic carbocycles. The molecule has 1 aliphatic heterocycles. The molecule has 1 fully saturated rings. The molecule has 3 nitrogen and oxygen atoms in total. The molecule has 5 heteroatoms. The van der Waals surface area contributed by atoms with Gasteiger partial charge in [-0.1, -0.05) is 12.1 Å². The van der Waals surface area contributed by atoms with Crippen LogP contribution in [0.3, 0.4) is 0 Å². The standard InChI is InChI=1S/C15H23BFNO2/c1-10(18)8-11-9-12(6-7-13(11)17)16-19-14(2,3)15(4,5)20-16/h6-7,9-10H,8,18H2,1-5H3. The second kappa shape index (κ2) is 5.13. The van der Waals surface area contributed by atoms with Crippen molar-refractivity contribution in [3.05, 3.63) is 29.6 Å². The molecular weight excluding hydrogens is 256 g/mol. The van der Waals surface area contributed by atoms with Crippen LogP contribution in [0.4, 0.5) is 4.39 Å². The molecule has 2 N–H and O–H groups in total. The van der Waals surface area contributed by atoms with Crippen molar-refractivity contribution in [3.8, 4) is 0 Å². The minimum atomic E-state index is -0.465. The molecule has 0 spiro atoms. The maximum absolute atomic E-state index is 13.8. The first-order chi connectivity index (χ1) is 9.12. The van der Waals surface area contributed by atoms with E-state index in [1.165, 1.54) is 6.07 Å². The summed E-state index contributed by atoms with van der Waals surface area (Å²) in [7, 11) is -0.465. The summed E-state index contributed by atoms with van der Waals surface area (Å²) in [6.45, 7) is 9.86. The molecule has 0 amide bonds. The van der Waals surface area contributed by atoms with Gasteiger partial charge in [0.15, 0.2) is 0 Å². The smallest absolute Gasteiger partial charge is 0.399 e. The van der Waals surface area contributed by atoms with Crippen LogP contribution in [-0.4, -0.2) is 24.4 Å². The van der Waals surface area contributed by atoms with Crippen molar-refractivity contribution in [3.63, 3.8) is 0 Å². The van der Waals surface area contributed by atoms with Gasteiger partial charge in [0.25, 0.3) is 0 Å². The van der Waals surface area contributed by atoms with Crippen LogP contribution in [0.25, 0.3) is 0 Å². The van der Waals surface area contributed by atoms with Gasteiger partial charge in [0, 0.05) is 6.04 Å². The molecule has 1 atom stereocenters. The third-order valence-electron chi connectivity index (χ3n) is 4.14. The maximum atomic E-state index is 13.8. The van der Waals surface area contributed by atoms with Crippen LogP contribution in [0.5, 0.6) is 0 Å². The summed E-state index contributed by atoms with van der Waals surface area (Å²) in [6.07, 6.45) is 0.499. The Balaban J connectivity index is 2.27. The van der Waals surface area contributed by atoms with Crippen LogP contribution in [0.2, 0.25) is 0 Å². The van der Waals surface area contributed by atoms with Crippen LogP contribution in [-0.2, 0) is 15.7 Å². The minimum Gasteiger partial charge on any atom is -0.399 e. The second-order valence-corrected chi connectivity index (χ2v) is 6.62. The molecule has 2 rings (SSSR count). The molecule has 1 heterocycles. The van der Waals surface area contributed by atoms with E-state index in [0.717, 1.165) is 5.46 Å². The van der Waals surface area contributed by atoms with Gasteiger partial charge in [-0.3, -0.25) is 0 Å². The lowest BCUT2D eigenvalue weighted by Gasteiger charge is -2.32. The maximum Gasteiger partial charge on any atom is 0.494 e. The average Bonchev–Trinajstić information content (AvgIpc) is 2.50. The van der Waals surface area contributed by atoms with Crippen molar-refractivity contribution >= 4 is 12.6 Å². The zero-order chi connectivity index (χ0) is 15.1. The number of rotatable bonds is 3. The number of halogens is 1. The summed E-state index contributed by atoms with van der Waals surface area (Å²) >= 11 is 0. The highest BCUT2D eigenvalue weighted by molar-refractivity contribution is 6.62. The Morgan fingerprint density at radius 2 is 1.75 bits per heavy atom. The highest BCUT2D eigenvalue weighted by atomic mass is 19.1. The third kappa shape index (κ3) is 2.90. The van der Waals surface area contributed by atoms with Gasteiger partial charge in [-0.15, -0.1) is 0 Å². The first-order valence-electron chi connectivity index (χ1n) is 7.02. The van der Waals surface area contributed by atoms with E-state index in [9.17, 15) is 4.39 Å². The zero-order valence-electron chi connectivity index (χ0n) is 12.9. The summed E-state index contributed by atoms with van der Waals surface area (Å²) in [5.74, 6) is -0.234. The van der Waals surface area contributed by atoms with E-state index in [1.807, 2.05) is 34.6 Å². The molecule has 1 aromatic carbocycles. The van der Waals surface area contributed by atoms with Crippen molar-refractivity contribution in [1.29, 1.82) is 0 Å². The van der Waals surface area contributed by atoms with E-state index in [1.54, 1.807) is 12.1 Å². The Morgan fingerprint density at radius 1 is 1.20 bits per heavy atom. The monoisotopic (exact) mass is 279 g/mol. The SMILES string of the molecule is CC(N)Cc1cc(B2OC(C)(C)C(C)(C)O2)ccc1F. The fraction of sp³-hybridized carbons (Fsp3) is 0.600. The van der Waals surface area contributed by atoms with Gasteiger partial charge in [-0.05, 0) is 58.1 Å². The molecule has 0 saturated carbocycles.